The van der Waals surface area contributed by atoms with E-state index in [1.165, 1.54) is 12.1 Å². The number of benzene rings is 3. The van der Waals surface area contributed by atoms with Crippen molar-refractivity contribution in [2.45, 2.75) is 11.3 Å². The second-order valence-electron chi connectivity index (χ2n) is 6.42. The number of carbonyl (C=O) groups excluding carboxylic acids is 2. The number of para-hydroxylation sites is 1. The summed E-state index contributed by atoms with van der Waals surface area (Å²) in [6.45, 7) is -0.389. The first kappa shape index (κ1) is 20.5. The molecule has 3 aromatic rings. The van der Waals surface area contributed by atoms with Crippen molar-refractivity contribution >= 4 is 28.4 Å². The van der Waals surface area contributed by atoms with Crippen molar-refractivity contribution in [3.05, 3.63) is 95.6 Å². The van der Waals surface area contributed by atoms with E-state index in [9.17, 15) is 13.8 Å². The molecule has 1 unspecified atom stereocenters. The van der Waals surface area contributed by atoms with E-state index in [0.717, 1.165) is 11.1 Å². The minimum Gasteiger partial charge on any atom is -0.452 e. The second kappa shape index (κ2) is 9.80. The van der Waals surface area contributed by atoms with Crippen molar-refractivity contribution in [1.29, 1.82) is 0 Å². The number of anilines is 1. The summed E-state index contributed by atoms with van der Waals surface area (Å²) in [5, 5.41) is 2.81. The van der Waals surface area contributed by atoms with Crippen LogP contribution in [0.2, 0.25) is 0 Å². The van der Waals surface area contributed by atoms with Gasteiger partial charge in [0.15, 0.2) is 6.61 Å². The number of hydrogen-bond acceptors (Lipinski definition) is 4. The average molecular weight is 407 g/mol. The van der Waals surface area contributed by atoms with Crippen molar-refractivity contribution in [2.24, 2.45) is 0 Å². The van der Waals surface area contributed by atoms with Crippen LogP contribution < -0.4 is 5.32 Å². The van der Waals surface area contributed by atoms with Crippen LogP contribution in [0.1, 0.15) is 21.5 Å². The molecular formula is C23H21NO4S. The smallest absolute Gasteiger partial charge is 0.338 e. The van der Waals surface area contributed by atoms with Gasteiger partial charge in [-0.3, -0.25) is 9.00 Å². The van der Waals surface area contributed by atoms with Crippen molar-refractivity contribution < 1.29 is 18.5 Å². The van der Waals surface area contributed by atoms with E-state index in [1.807, 2.05) is 54.6 Å². The monoisotopic (exact) mass is 407 g/mol. The van der Waals surface area contributed by atoms with Crippen LogP contribution in [0.25, 0.3) is 0 Å². The molecule has 148 valence electrons. The van der Waals surface area contributed by atoms with Gasteiger partial charge < -0.3 is 10.1 Å². The van der Waals surface area contributed by atoms with Gasteiger partial charge in [0, 0.05) is 27.6 Å². The minimum atomic E-state index is -1.12. The molecule has 0 bridgehead atoms. The molecule has 1 N–H and O–H groups in total. The highest BCUT2D eigenvalue weighted by Gasteiger charge is 2.12. The molecule has 3 aromatic carbocycles. The Morgan fingerprint density at radius 2 is 1.55 bits per heavy atom. The van der Waals surface area contributed by atoms with Gasteiger partial charge in [0.05, 0.1) is 5.56 Å². The van der Waals surface area contributed by atoms with Crippen LogP contribution in [0, 0.1) is 0 Å². The molecule has 1 atom stereocenters. The maximum atomic E-state index is 12.3. The zero-order chi connectivity index (χ0) is 20.6. The number of ether oxygens (including phenoxy) is 1. The Bertz CT molecular complexity index is 1020. The zero-order valence-corrected chi connectivity index (χ0v) is 16.8. The summed E-state index contributed by atoms with van der Waals surface area (Å²) in [6.07, 6.45) is 2.25. The van der Waals surface area contributed by atoms with Crippen LogP contribution in [0.3, 0.4) is 0 Å². The van der Waals surface area contributed by atoms with E-state index in [4.69, 9.17) is 4.74 Å². The highest BCUT2D eigenvalue weighted by Crippen LogP contribution is 2.19. The summed E-state index contributed by atoms with van der Waals surface area (Å²) in [6, 6.07) is 23.8. The van der Waals surface area contributed by atoms with Crippen LogP contribution in [-0.2, 0) is 26.8 Å². The topological polar surface area (TPSA) is 72.5 Å². The van der Waals surface area contributed by atoms with Crippen molar-refractivity contribution in [3.8, 4) is 0 Å². The molecule has 0 saturated heterocycles. The molecular weight excluding hydrogens is 386 g/mol. The fourth-order valence-corrected chi connectivity index (χ4v) is 3.31. The lowest BCUT2D eigenvalue weighted by Gasteiger charge is -2.11. The third-order valence-electron chi connectivity index (χ3n) is 4.29. The molecule has 0 aliphatic rings. The Morgan fingerprint density at radius 3 is 2.24 bits per heavy atom. The normalized spacial score (nSPS) is 11.5. The van der Waals surface area contributed by atoms with Crippen LogP contribution in [0.4, 0.5) is 5.69 Å². The molecule has 6 heteroatoms. The zero-order valence-electron chi connectivity index (χ0n) is 16.0. The van der Waals surface area contributed by atoms with E-state index < -0.39 is 22.7 Å². The molecule has 0 radical (unpaired) electrons. The molecule has 0 aliphatic carbocycles. The first-order valence-corrected chi connectivity index (χ1v) is 10.6. The number of esters is 1. The van der Waals surface area contributed by atoms with Gasteiger partial charge in [-0.15, -0.1) is 0 Å². The Labute approximate surface area is 172 Å². The quantitative estimate of drug-likeness (QED) is 0.605. The summed E-state index contributed by atoms with van der Waals surface area (Å²) in [4.78, 5) is 25.0. The van der Waals surface area contributed by atoms with Gasteiger partial charge >= 0.3 is 5.97 Å². The maximum Gasteiger partial charge on any atom is 0.338 e. The second-order valence-corrected chi connectivity index (χ2v) is 7.80. The van der Waals surface area contributed by atoms with Gasteiger partial charge in [0.1, 0.15) is 0 Å². The minimum absolute atomic E-state index is 0.302. The van der Waals surface area contributed by atoms with Crippen LogP contribution in [-0.4, -0.2) is 28.9 Å². The first-order valence-electron chi connectivity index (χ1n) is 9.05. The summed E-state index contributed by atoms with van der Waals surface area (Å²) in [5.74, 6) is -1.02. The van der Waals surface area contributed by atoms with E-state index >= 15 is 0 Å². The van der Waals surface area contributed by atoms with Gasteiger partial charge in [-0.05, 0) is 47.9 Å². The highest BCUT2D eigenvalue weighted by atomic mass is 32.2. The van der Waals surface area contributed by atoms with Crippen molar-refractivity contribution in [3.63, 3.8) is 0 Å². The Balaban J connectivity index is 1.58. The molecule has 0 fully saturated rings. The van der Waals surface area contributed by atoms with E-state index in [0.29, 0.717) is 22.6 Å². The number of nitrogens with one attached hydrogen (secondary N) is 1. The highest BCUT2D eigenvalue weighted by molar-refractivity contribution is 7.84. The molecule has 0 heterocycles. The van der Waals surface area contributed by atoms with Crippen molar-refractivity contribution in [2.75, 3.05) is 18.2 Å². The number of carbonyl (C=O) groups is 2. The van der Waals surface area contributed by atoms with E-state index in [-0.39, 0.29) is 6.61 Å². The van der Waals surface area contributed by atoms with Crippen molar-refractivity contribution in [1.82, 2.24) is 0 Å². The van der Waals surface area contributed by atoms with Crippen LogP contribution in [0.15, 0.2) is 83.8 Å². The van der Waals surface area contributed by atoms with Gasteiger partial charge in [-0.25, -0.2) is 4.79 Å². The van der Waals surface area contributed by atoms with Crippen LogP contribution >= 0.6 is 0 Å². The average Bonchev–Trinajstić information content (AvgIpc) is 2.74. The van der Waals surface area contributed by atoms with E-state index in [1.54, 1.807) is 18.4 Å². The largest absolute Gasteiger partial charge is 0.452 e. The summed E-state index contributed by atoms with van der Waals surface area (Å²) in [7, 11) is -1.12. The molecule has 29 heavy (non-hydrogen) atoms. The molecule has 5 nitrogen and oxygen atoms in total. The lowest BCUT2D eigenvalue weighted by Crippen LogP contribution is -2.21. The third kappa shape index (κ3) is 5.86. The molecule has 0 spiro atoms. The van der Waals surface area contributed by atoms with Gasteiger partial charge in [0.25, 0.3) is 5.91 Å². The SMILES string of the molecule is CS(=O)c1ccc(C(=O)OCC(=O)Nc2ccccc2Cc2ccccc2)cc1. The molecule has 3 rings (SSSR count). The van der Waals surface area contributed by atoms with Gasteiger partial charge in [0.2, 0.25) is 0 Å². The number of hydrogen-bond donors (Lipinski definition) is 1. The Hall–Kier alpha value is -3.25. The Morgan fingerprint density at radius 1 is 0.897 bits per heavy atom. The summed E-state index contributed by atoms with van der Waals surface area (Å²) < 4.78 is 16.5. The number of rotatable bonds is 7. The van der Waals surface area contributed by atoms with E-state index in [2.05, 4.69) is 5.32 Å². The summed E-state index contributed by atoms with van der Waals surface area (Å²) >= 11 is 0. The fourth-order valence-electron chi connectivity index (χ4n) is 2.80. The third-order valence-corrected chi connectivity index (χ3v) is 5.22. The summed E-state index contributed by atoms with van der Waals surface area (Å²) in [5.41, 5.74) is 3.10. The predicted molar refractivity (Wildman–Crippen MR) is 113 cm³/mol. The van der Waals surface area contributed by atoms with Gasteiger partial charge in [-0.2, -0.15) is 0 Å². The molecule has 0 aromatic heterocycles. The lowest BCUT2D eigenvalue weighted by molar-refractivity contribution is -0.119. The molecule has 0 aliphatic heterocycles. The van der Waals surface area contributed by atoms with Crippen LogP contribution in [0.5, 0.6) is 0 Å². The molecule has 0 saturated carbocycles. The Kier molecular flexibility index (Phi) is 6.92. The predicted octanol–water partition coefficient (Wildman–Crippen LogP) is 3.81. The standard InChI is InChI=1S/C23H21NO4S/c1-29(27)20-13-11-18(12-14-20)23(26)28-16-22(25)24-21-10-6-5-9-19(21)15-17-7-3-2-4-8-17/h2-14H,15-16H2,1H3,(H,24,25). The lowest BCUT2D eigenvalue weighted by atomic mass is 10.0. The first-order chi connectivity index (χ1) is 14.0. The maximum absolute atomic E-state index is 12.3. The van der Waals surface area contributed by atoms with Gasteiger partial charge in [-0.1, -0.05) is 48.5 Å². The molecule has 1 amide bonds. The number of amides is 1. The fraction of sp³-hybridized carbons (Fsp3) is 0.130.